The molecule has 2 aliphatic heterocycles. The number of benzene rings is 2. The van der Waals surface area contributed by atoms with Crippen LogP contribution in [0.5, 0.6) is 0 Å². The molecule has 31 heavy (non-hydrogen) atoms. The molecule has 0 aromatic heterocycles. The number of Topliss-reactive ketones (excluding diaryl/α,β-unsaturated/α-hetero) is 1. The van der Waals surface area contributed by atoms with E-state index in [9.17, 15) is 9.59 Å². The zero-order valence-electron chi connectivity index (χ0n) is 19.0. The Hall–Kier alpha value is -2.46. The average molecular weight is 417 g/mol. The topological polar surface area (TPSA) is 40.6 Å². The Bertz CT molecular complexity index is 1050. The number of carbonyl (C=O) groups excluding carboxylic acids is 2. The molecule has 2 heterocycles. The van der Waals surface area contributed by atoms with Crippen LogP contribution >= 0.6 is 0 Å². The lowest BCUT2D eigenvalue weighted by Gasteiger charge is -2.51. The maximum atomic E-state index is 14.5. The van der Waals surface area contributed by atoms with E-state index in [1.165, 1.54) is 0 Å². The van der Waals surface area contributed by atoms with Crippen molar-refractivity contribution in [2.75, 3.05) is 18.5 Å². The predicted octanol–water partition coefficient (Wildman–Crippen LogP) is 4.78. The Morgan fingerprint density at radius 2 is 1.68 bits per heavy atom. The zero-order chi connectivity index (χ0) is 22.0. The van der Waals surface area contributed by atoms with Crippen molar-refractivity contribution >= 4 is 17.4 Å². The normalized spacial score (nSPS) is 32.3. The highest BCUT2D eigenvalue weighted by molar-refractivity contribution is 6.12. The van der Waals surface area contributed by atoms with E-state index in [1.54, 1.807) is 0 Å². The van der Waals surface area contributed by atoms with Crippen molar-refractivity contribution in [2.24, 2.45) is 16.7 Å². The van der Waals surface area contributed by atoms with Crippen molar-refractivity contribution in [1.82, 2.24) is 4.90 Å². The molecule has 5 rings (SSSR count). The van der Waals surface area contributed by atoms with Crippen molar-refractivity contribution in [3.05, 3.63) is 65.7 Å². The Morgan fingerprint density at radius 1 is 1.00 bits per heavy atom. The fourth-order valence-corrected chi connectivity index (χ4v) is 7.09. The van der Waals surface area contributed by atoms with Gasteiger partial charge in [-0.25, -0.2) is 0 Å². The van der Waals surface area contributed by atoms with E-state index in [0.717, 1.165) is 36.2 Å². The molecule has 3 atom stereocenters. The van der Waals surface area contributed by atoms with Crippen LogP contribution in [-0.2, 0) is 21.7 Å². The lowest BCUT2D eigenvalue weighted by atomic mass is 9.50. The number of carbonyl (C=O) groups is 2. The standard InChI is InChI=1S/C27H32N2O2/c1-19-14-15-26(23(30)16-19)25(2,3)18-28(4)27(26)21-12-8-9-13-22(21)29(24(27)31)17-20-10-6-5-7-11-20/h5-13,19H,14-18H2,1-4H3/t19-,26?,27?/m0/s1. The second-order valence-corrected chi connectivity index (χ2v) is 10.5. The number of para-hydroxylation sites is 1. The van der Waals surface area contributed by atoms with E-state index in [0.29, 0.717) is 18.9 Å². The summed E-state index contributed by atoms with van der Waals surface area (Å²) in [5.74, 6) is 0.711. The molecule has 2 aromatic rings. The number of nitrogens with zero attached hydrogens (tertiary/aromatic N) is 2. The van der Waals surface area contributed by atoms with Crippen LogP contribution in [0.25, 0.3) is 0 Å². The Balaban J connectivity index is 1.74. The number of hydrogen-bond donors (Lipinski definition) is 0. The third-order valence-electron chi connectivity index (χ3n) is 8.32. The van der Waals surface area contributed by atoms with E-state index in [2.05, 4.69) is 43.9 Å². The van der Waals surface area contributed by atoms with E-state index in [4.69, 9.17) is 0 Å². The maximum Gasteiger partial charge on any atom is 0.253 e. The monoisotopic (exact) mass is 416 g/mol. The van der Waals surface area contributed by atoms with Gasteiger partial charge in [-0.15, -0.1) is 0 Å². The summed E-state index contributed by atoms with van der Waals surface area (Å²) in [5, 5.41) is 0. The summed E-state index contributed by atoms with van der Waals surface area (Å²) in [6.07, 6.45) is 2.32. The molecule has 4 heteroatoms. The minimum Gasteiger partial charge on any atom is -0.306 e. The van der Waals surface area contributed by atoms with Gasteiger partial charge in [0, 0.05) is 24.2 Å². The van der Waals surface area contributed by atoms with Crippen molar-refractivity contribution < 1.29 is 9.59 Å². The molecule has 2 unspecified atom stereocenters. The highest BCUT2D eigenvalue weighted by Crippen LogP contribution is 2.68. The third-order valence-corrected chi connectivity index (χ3v) is 8.32. The first-order valence-electron chi connectivity index (χ1n) is 11.5. The SMILES string of the molecule is C[C@H]1CCC2(C(=O)C1)C(C)(C)CN(C)C21C(=O)N(Cc2ccccc2)c2ccccc21. The fraction of sp³-hybridized carbons (Fsp3) is 0.481. The van der Waals surface area contributed by atoms with Crippen LogP contribution in [0.2, 0.25) is 0 Å². The van der Waals surface area contributed by atoms with Crippen LogP contribution in [0.1, 0.15) is 51.2 Å². The van der Waals surface area contributed by atoms with Gasteiger partial charge in [-0.3, -0.25) is 14.5 Å². The molecule has 3 aliphatic rings. The molecular formula is C27H32N2O2. The number of anilines is 1. The highest BCUT2D eigenvalue weighted by atomic mass is 16.2. The van der Waals surface area contributed by atoms with E-state index >= 15 is 0 Å². The molecule has 1 saturated carbocycles. The molecule has 2 aromatic carbocycles. The maximum absolute atomic E-state index is 14.5. The second-order valence-electron chi connectivity index (χ2n) is 10.5. The van der Waals surface area contributed by atoms with Gasteiger partial charge in [-0.1, -0.05) is 69.3 Å². The van der Waals surface area contributed by atoms with Gasteiger partial charge in [0.05, 0.1) is 12.0 Å². The Morgan fingerprint density at radius 3 is 2.39 bits per heavy atom. The van der Waals surface area contributed by atoms with Crippen molar-refractivity contribution in [2.45, 2.75) is 52.1 Å². The van der Waals surface area contributed by atoms with Gasteiger partial charge in [0.1, 0.15) is 11.3 Å². The fourth-order valence-electron chi connectivity index (χ4n) is 7.09. The van der Waals surface area contributed by atoms with Crippen LogP contribution in [-0.4, -0.2) is 30.2 Å². The molecule has 4 nitrogen and oxygen atoms in total. The molecule has 162 valence electrons. The molecule has 1 aliphatic carbocycles. The van der Waals surface area contributed by atoms with Gasteiger partial charge in [-0.05, 0) is 42.9 Å². The Kier molecular flexibility index (Phi) is 4.46. The number of likely N-dealkylation sites (tertiary alicyclic amines) is 1. The average Bonchev–Trinajstić information content (AvgIpc) is 3.08. The predicted molar refractivity (Wildman–Crippen MR) is 123 cm³/mol. The van der Waals surface area contributed by atoms with Crippen molar-refractivity contribution in [3.8, 4) is 0 Å². The third kappa shape index (κ3) is 2.46. The molecule has 0 N–H and O–H groups in total. The summed E-state index contributed by atoms with van der Waals surface area (Å²) in [4.78, 5) is 32.6. The van der Waals surface area contributed by atoms with Crippen LogP contribution in [0.3, 0.4) is 0 Å². The summed E-state index contributed by atoms with van der Waals surface area (Å²) in [6.45, 7) is 7.80. The van der Waals surface area contributed by atoms with Crippen molar-refractivity contribution in [3.63, 3.8) is 0 Å². The van der Waals surface area contributed by atoms with Gasteiger partial charge in [0.15, 0.2) is 0 Å². The second kappa shape index (κ2) is 6.77. The van der Waals surface area contributed by atoms with E-state index in [-0.39, 0.29) is 17.1 Å². The van der Waals surface area contributed by atoms with Gasteiger partial charge >= 0.3 is 0 Å². The zero-order valence-corrected chi connectivity index (χ0v) is 19.0. The number of likely N-dealkylation sites (N-methyl/N-ethyl adjacent to an activating group) is 1. The van der Waals surface area contributed by atoms with E-state index in [1.807, 2.05) is 48.3 Å². The van der Waals surface area contributed by atoms with Gasteiger partial charge in [0.2, 0.25) is 0 Å². The van der Waals surface area contributed by atoms with Gasteiger partial charge in [0.25, 0.3) is 5.91 Å². The Labute approximate surface area is 185 Å². The number of amides is 1. The quantitative estimate of drug-likeness (QED) is 0.708. The van der Waals surface area contributed by atoms with E-state index < -0.39 is 11.0 Å². The van der Waals surface area contributed by atoms with Crippen molar-refractivity contribution in [1.29, 1.82) is 0 Å². The summed E-state index contributed by atoms with van der Waals surface area (Å²) in [5.41, 5.74) is 1.13. The summed E-state index contributed by atoms with van der Waals surface area (Å²) in [7, 11) is 2.04. The van der Waals surface area contributed by atoms with Crippen LogP contribution in [0, 0.1) is 16.7 Å². The van der Waals surface area contributed by atoms with Gasteiger partial charge < -0.3 is 4.90 Å². The molecule has 1 saturated heterocycles. The number of rotatable bonds is 2. The summed E-state index contributed by atoms with van der Waals surface area (Å²) in [6, 6.07) is 18.3. The first-order valence-corrected chi connectivity index (χ1v) is 11.5. The van der Waals surface area contributed by atoms with Gasteiger partial charge in [-0.2, -0.15) is 0 Å². The summed E-state index contributed by atoms with van der Waals surface area (Å²) >= 11 is 0. The number of fused-ring (bicyclic) bond motifs is 3. The molecule has 2 fully saturated rings. The van der Waals surface area contributed by atoms with Crippen LogP contribution < -0.4 is 4.90 Å². The number of hydrogen-bond acceptors (Lipinski definition) is 3. The minimum atomic E-state index is -0.931. The first-order chi connectivity index (χ1) is 14.8. The smallest absolute Gasteiger partial charge is 0.253 e. The highest BCUT2D eigenvalue weighted by Gasteiger charge is 2.76. The molecule has 1 amide bonds. The van der Waals surface area contributed by atoms with Crippen LogP contribution in [0.15, 0.2) is 54.6 Å². The lowest BCUT2D eigenvalue weighted by molar-refractivity contribution is -0.155. The lowest BCUT2D eigenvalue weighted by Crippen LogP contribution is -2.63. The minimum absolute atomic E-state index is 0.0635. The first kappa shape index (κ1) is 20.4. The summed E-state index contributed by atoms with van der Waals surface area (Å²) < 4.78 is 0. The van der Waals surface area contributed by atoms with Crippen LogP contribution in [0.4, 0.5) is 5.69 Å². The molecule has 2 spiro atoms. The molecule has 0 radical (unpaired) electrons. The molecule has 0 bridgehead atoms. The molecular weight excluding hydrogens is 384 g/mol. The largest absolute Gasteiger partial charge is 0.306 e. The number of ketones is 1.